The number of thioether (sulfide) groups is 1. The van der Waals surface area contributed by atoms with Gasteiger partial charge < -0.3 is 10.4 Å². The van der Waals surface area contributed by atoms with Gasteiger partial charge in [0, 0.05) is 29.8 Å². The largest absolute Gasteiger partial charge is 0.481 e. The molecule has 0 saturated heterocycles. The number of hydrogen-bond donors (Lipinski definition) is 2. The third kappa shape index (κ3) is 8.12. The molecule has 34 heavy (non-hydrogen) atoms. The van der Waals surface area contributed by atoms with Crippen molar-refractivity contribution in [2.24, 2.45) is 0 Å². The highest BCUT2D eigenvalue weighted by molar-refractivity contribution is 7.99. The molecule has 2 N–H and O–H groups in total. The van der Waals surface area contributed by atoms with Crippen molar-refractivity contribution in [2.75, 3.05) is 12.3 Å². The topological polar surface area (TPSA) is 49.3 Å². The van der Waals surface area contributed by atoms with Crippen LogP contribution in [0.15, 0.2) is 65.6 Å². The quantitative estimate of drug-likeness (QED) is 0.178. The van der Waals surface area contributed by atoms with E-state index in [1.54, 1.807) is 11.8 Å². The fourth-order valence-electron chi connectivity index (χ4n) is 3.51. The molecule has 0 heterocycles. The summed E-state index contributed by atoms with van der Waals surface area (Å²) >= 11 is 1.68. The number of carboxylic acids is 1. The van der Waals surface area contributed by atoms with Crippen LogP contribution in [0.5, 0.6) is 0 Å². The molecular formula is C28H29F2NO2S. The number of benzene rings is 3. The number of nitrogens with one attached hydrogen (secondary N) is 1. The van der Waals surface area contributed by atoms with Crippen molar-refractivity contribution < 1.29 is 18.7 Å². The third-order valence-electron chi connectivity index (χ3n) is 5.51. The first-order chi connectivity index (χ1) is 16.3. The van der Waals surface area contributed by atoms with Crippen LogP contribution in [0.25, 0.3) is 11.6 Å². The molecule has 3 nitrogen and oxygen atoms in total. The zero-order valence-corrected chi connectivity index (χ0v) is 20.2. The molecule has 0 aliphatic rings. The van der Waals surface area contributed by atoms with Crippen LogP contribution in [0.3, 0.4) is 0 Å². The van der Waals surface area contributed by atoms with E-state index in [9.17, 15) is 13.6 Å². The predicted octanol–water partition coefficient (Wildman–Crippen LogP) is 6.87. The number of halogens is 2. The highest BCUT2D eigenvalue weighted by Crippen LogP contribution is 2.28. The van der Waals surface area contributed by atoms with Crippen molar-refractivity contribution in [2.45, 2.75) is 38.1 Å². The first-order valence-electron chi connectivity index (χ1n) is 11.2. The Kier molecular flexibility index (Phi) is 9.42. The highest BCUT2D eigenvalue weighted by atomic mass is 32.2. The maximum Gasteiger partial charge on any atom is 0.304 e. The molecule has 0 aliphatic carbocycles. The van der Waals surface area contributed by atoms with Gasteiger partial charge in [-0.2, -0.15) is 0 Å². The number of rotatable bonds is 11. The van der Waals surface area contributed by atoms with Gasteiger partial charge in [0.05, 0.1) is 6.42 Å². The summed E-state index contributed by atoms with van der Waals surface area (Å²) in [5.41, 5.74) is 5.90. The average Bonchev–Trinajstić information content (AvgIpc) is 2.78. The lowest BCUT2D eigenvalue weighted by atomic mass is 9.98. The average molecular weight is 482 g/mol. The lowest BCUT2D eigenvalue weighted by Gasteiger charge is -2.11. The second kappa shape index (κ2) is 12.5. The maximum absolute atomic E-state index is 13.9. The molecule has 0 unspecified atom stereocenters. The van der Waals surface area contributed by atoms with Crippen molar-refractivity contribution in [3.63, 3.8) is 0 Å². The summed E-state index contributed by atoms with van der Waals surface area (Å²) in [5.74, 6) is -1.22. The van der Waals surface area contributed by atoms with E-state index >= 15 is 0 Å². The predicted molar refractivity (Wildman–Crippen MR) is 136 cm³/mol. The lowest BCUT2D eigenvalue weighted by molar-refractivity contribution is -0.136. The lowest BCUT2D eigenvalue weighted by Crippen LogP contribution is -2.17. The summed E-state index contributed by atoms with van der Waals surface area (Å²) in [5, 5.41) is 11.8. The van der Waals surface area contributed by atoms with E-state index < -0.39 is 17.6 Å². The van der Waals surface area contributed by atoms with E-state index in [0.717, 1.165) is 33.4 Å². The number of carboxylic acid groups (broad SMARTS) is 1. The molecule has 0 fully saturated rings. The second-order valence-electron chi connectivity index (χ2n) is 8.23. The summed E-state index contributed by atoms with van der Waals surface area (Å²) < 4.78 is 27.8. The summed E-state index contributed by atoms with van der Waals surface area (Å²) in [6.45, 7) is 5.16. The molecule has 0 aromatic heterocycles. The molecule has 178 valence electrons. The van der Waals surface area contributed by atoms with E-state index in [1.807, 2.05) is 36.4 Å². The van der Waals surface area contributed by atoms with Crippen LogP contribution in [0.2, 0.25) is 0 Å². The minimum atomic E-state index is -0.814. The molecule has 0 atom stereocenters. The number of aliphatic carboxylic acids is 1. The molecule has 3 aromatic carbocycles. The Morgan fingerprint density at radius 1 is 0.941 bits per heavy atom. The zero-order chi connectivity index (χ0) is 24.5. The van der Waals surface area contributed by atoms with Gasteiger partial charge in [-0.3, -0.25) is 4.79 Å². The molecular weight excluding hydrogens is 452 g/mol. The monoisotopic (exact) mass is 481 g/mol. The fraction of sp³-hybridized carbons (Fsp3) is 0.250. The van der Waals surface area contributed by atoms with Crippen LogP contribution >= 0.6 is 11.8 Å². The molecule has 3 aromatic rings. The van der Waals surface area contributed by atoms with Crippen LogP contribution in [-0.2, 0) is 11.3 Å². The normalized spacial score (nSPS) is 11.6. The first kappa shape index (κ1) is 25.7. The van der Waals surface area contributed by atoms with Crippen LogP contribution in [0.1, 0.15) is 40.7 Å². The summed E-state index contributed by atoms with van der Waals surface area (Å²) in [7, 11) is 0. The minimum absolute atomic E-state index is 0.0984. The van der Waals surface area contributed by atoms with Gasteiger partial charge in [-0.1, -0.05) is 36.4 Å². The Bertz CT molecular complexity index is 1140. The summed E-state index contributed by atoms with van der Waals surface area (Å²) in [6, 6.07) is 17.9. The molecule has 0 saturated carbocycles. The number of allylic oxidation sites excluding steroid dienone is 1. The third-order valence-corrected chi connectivity index (χ3v) is 6.53. The van der Waals surface area contributed by atoms with Crippen LogP contribution in [0.4, 0.5) is 8.78 Å². The van der Waals surface area contributed by atoms with Crippen LogP contribution in [-0.4, -0.2) is 23.4 Å². The van der Waals surface area contributed by atoms with Crippen molar-refractivity contribution in [1.29, 1.82) is 0 Å². The van der Waals surface area contributed by atoms with E-state index in [0.29, 0.717) is 25.1 Å². The fourth-order valence-corrected chi connectivity index (χ4v) is 4.39. The van der Waals surface area contributed by atoms with Gasteiger partial charge in [0.1, 0.15) is 11.6 Å². The highest BCUT2D eigenvalue weighted by Gasteiger charge is 2.08. The van der Waals surface area contributed by atoms with Gasteiger partial charge >= 0.3 is 5.97 Å². The number of aryl methyl sites for hydroxylation is 2. The molecule has 0 aliphatic heterocycles. The van der Waals surface area contributed by atoms with Gasteiger partial charge in [-0.15, -0.1) is 11.8 Å². The maximum atomic E-state index is 13.9. The minimum Gasteiger partial charge on any atom is -0.481 e. The number of hydrogen-bond acceptors (Lipinski definition) is 3. The van der Waals surface area contributed by atoms with Gasteiger partial charge in [0.15, 0.2) is 0 Å². The number of carbonyl (C=O) groups is 1. The van der Waals surface area contributed by atoms with E-state index in [4.69, 9.17) is 5.11 Å². The van der Waals surface area contributed by atoms with Crippen LogP contribution in [0, 0.1) is 25.5 Å². The first-order valence-corrected chi connectivity index (χ1v) is 12.2. The standard InChI is InChI=1S/C28H29F2NO2S/c1-19-3-4-22(13-20(19)2)14-23(24-15-25(29)17-26(30)16-24)10-12-34-27-7-5-21(6-8-27)18-31-11-9-28(32)33/h3-8,13-17,31H,9-12,18H2,1-2H3,(H,32,33). The SMILES string of the molecule is Cc1ccc(C=C(CCSc2ccc(CNCCC(=O)O)cc2)c2cc(F)cc(F)c2)cc1C. The summed E-state index contributed by atoms with van der Waals surface area (Å²) in [6.07, 6.45) is 2.76. The molecule has 0 radical (unpaired) electrons. The van der Waals surface area contributed by atoms with Crippen molar-refractivity contribution in [3.05, 3.63) is 100 Å². The zero-order valence-electron chi connectivity index (χ0n) is 19.4. The van der Waals surface area contributed by atoms with Gasteiger partial charge in [-0.25, -0.2) is 8.78 Å². The molecule has 0 bridgehead atoms. The Hall–Kier alpha value is -2.96. The Labute approximate surface area is 203 Å². The van der Waals surface area contributed by atoms with Gasteiger partial charge in [0.2, 0.25) is 0 Å². The Morgan fingerprint density at radius 3 is 2.29 bits per heavy atom. The molecule has 6 heteroatoms. The van der Waals surface area contributed by atoms with Crippen LogP contribution < -0.4 is 5.32 Å². The van der Waals surface area contributed by atoms with E-state index in [2.05, 4.69) is 31.3 Å². The van der Waals surface area contributed by atoms with Gasteiger partial charge in [0.25, 0.3) is 0 Å². The van der Waals surface area contributed by atoms with Crippen molar-refractivity contribution in [1.82, 2.24) is 5.32 Å². The second-order valence-corrected chi connectivity index (χ2v) is 9.40. The smallest absolute Gasteiger partial charge is 0.304 e. The molecule has 3 rings (SSSR count). The summed E-state index contributed by atoms with van der Waals surface area (Å²) in [4.78, 5) is 11.7. The van der Waals surface area contributed by atoms with Crippen molar-refractivity contribution in [3.8, 4) is 0 Å². The molecule has 0 spiro atoms. The van der Waals surface area contributed by atoms with E-state index in [1.165, 1.54) is 23.3 Å². The molecule has 0 amide bonds. The van der Waals surface area contributed by atoms with Gasteiger partial charge in [-0.05, 0) is 77.9 Å². The van der Waals surface area contributed by atoms with E-state index in [-0.39, 0.29) is 6.42 Å². The Balaban J connectivity index is 1.67. The Morgan fingerprint density at radius 2 is 1.65 bits per heavy atom. The van der Waals surface area contributed by atoms with Crippen molar-refractivity contribution >= 4 is 29.4 Å².